The highest BCUT2D eigenvalue weighted by atomic mass is 32.2. The lowest BCUT2D eigenvalue weighted by atomic mass is 10.0. The van der Waals surface area contributed by atoms with E-state index in [2.05, 4.69) is 28.6 Å². The summed E-state index contributed by atoms with van der Waals surface area (Å²) in [6, 6.07) is 16.2. The average molecular weight is 541 g/mol. The molecule has 3 aromatic rings. The highest BCUT2D eigenvalue weighted by Crippen LogP contribution is 2.30. The van der Waals surface area contributed by atoms with Gasteiger partial charge in [0.25, 0.3) is 5.91 Å². The monoisotopic (exact) mass is 540 g/mol. The Morgan fingerprint density at radius 3 is 2.08 bits per heavy atom. The number of aryl methyl sites for hydroxylation is 2. The third kappa shape index (κ3) is 8.67. The molecule has 0 bridgehead atoms. The number of rotatable bonds is 10. The molecule has 0 heterocycles. The van der Waals surface area contributed by atoms with Gasteiger partial charge in [0.2, 0.25) is 10.0 Å². The first-order valence-electron chi connectivity index (χ1n) is 13.1. The van der Waals surface area contributed by atoms with Crippen LogP contribution in [0, 0.1) is 13.8 Å². The molecule has 0 atom stereocenters. The number of ether oxygens (including phenoxy) is 1. The largest absolute Gasteiger partial charge is 0.466 e. The number of esters is 1. The Hall–Kier alpha value is -3.23. The first-order chi connectivity index (χ1) is 18.0. The quantitative estimate of drug-likeness (QED) is 0.285. The second kappa shape index (κ2) is 14.6. The van der Waals surface area contributed by atoms with Crippen molar-refractivity contribution in [3.63, 3.8) is 0 Å². The molecule has 0 saturated carbocycles. The van der Waals surface area contributed by atoms with Crippen LogP contribution in [0.5, 0.6) is 0 Å². The molecule has 0 aliphatic carbocycles. The summed E-state index contributed by atoms with van der Waals surface area (Å²) in [6.45, 7) is 11.6. The van der Waals surface area contributed by atoms with Crippen LogP contribution in [0.25, 0.3) is 10.8 Å². The second-order valence-corrected chi connectivity index (χ2v) is 10.9. The van der Waals surface area contributed by atoms with Gasteiger partial charge in [0, 0.05) is 35.0 Å². The summed E-state index contributed by atoms with van der Waals surface area (Å²) < 4.78 is 33.8. The van der Waals surface area contributed by atoms with Gasteiger partial charge in [-0.1, -0.05) is 68.7 Å². The van der Waals surface area contributed by atoms with Gasteiger partial charge in [-0.25, -0.2) is 13.1 Å². The first-order valence-corrected chi connectivity index (χ1v) is 14.6. The fourth-order valence-electron chi connectivity index (χ4n) is 4.23. The molecule has 3 rings (SSSR count). The molecule has 0 saturated heterocycles. The van der Waals surface area contributed by atoms with Crippen LogP contribution < -0.4 is 10.0 Å². The molecule has 0 aliphatic heterocycles. The van der Waals surface area contributed by atoms with Gasteiger partial charge < -0.3 is 10.1 Å². The number of carbonyl (C=O) groups excluding carboxylic acids is 2. The van der Waals surface area contributed by atoms with Gasteiger partial charge in [0.15, 0.2) is 0 Å². The standard InChI is InChI=1S/C26H32N2O3S.C4H8O2/c1-5-9-20(10-6-2)28-32(30,31)25-16-15-24(21-11-7-8-12-22(21)25)27-26(29)23-17-18(3)13-14-19(23)4;1-3-6-4(2)5/h7-8,11-17,20,28H,5-6,9-10H2,1-4H3,(H,27,29);3H2,1-2H3. The fourth-order valence-corrected chi connectivity index (χ4v) is 5.75. The number of fused-ring (bicyclic) bond motifs is 1. The lowest BCUT2D eigenvalue weighted by Gasteiger charge is -2.19. The van der Waals surface area contributed by atoms with Crippen molar-refractivity contribution >= 4 is 38.4 Å². The van der Waals surface area contributed by atoms with Crippen LogP contribution >= 0.6 is 0 Å². The van der Waals surface area contributed by atoms with Gasteiger partial charge in [-0.05, 0) is 57.4 Å². The summed E-state index contributed by atoms with van der Waals surface area (Å²) in [5.74, 6) is -0.423. The summed E-state index contributed by atoms with van der Waals surface area (Å²) in [5, 5.41) is 4.25. The summed E-state index contributed by atoms with van der Waals surface area (Å²) in [5.41, 5.74) is 3.09. The van der Waals surface area contributed by atoms with Crippen molar-refractivity contribution < 1.29 is 22.7 Å². The van der Waals surface area contributed by atoms with Crippen LogP contribution in [-0.2, 0) is 19.6 Å². The molecule has 38 heavy (non-hydrogen) atoms. The van der Waals surface area contributed by atoms with E-state index in [1.165, 1.54) is 6.92 Å². The third-order valence-corrected chi connectivity index (χ3v) is 7.58. The van der Waals surface area contributed by atoms with Crippen molar-refractivity contribution in [2.75, 3.05) is 11.9 Å². The van der Waals surface area contributed by atoms with Gasteiger partial charge in [-0.3, -0.25) is 9.59 Å². The summed E-state index contributed by atoms with van der Waals surface area (Å²) in [4.78, 5) is 23.0. The molecule has 2 N–H and O–H groups in total. The van der Waals surface area contributed by atoms with E-state index in [-0.39, 0.29) is 22.8 Å². The Morgan fingerprint density at radius 1 is 0.895 bits per heavy atom. The van der Waals surface area contributed by atoms with Crippen molar-refractivity contribution in [3.05, 3.63) is 71.3 Å². The maximum atomic E-state index is 13.2. The average Bonchev–Trinajstić information content (AvgIpc) is 2.86. The summed E-state index contributed by atoms with van der Waals surface area (Å²) in [7, 11) is -3.70. The minimum atomic E-state index is -3.70. The zero-order valence-corrected chi connectivity index (χ0v) is 24.1. The summed E-state index contributed by atoms with van der Waals surface area (Å²) >= 11 is 0. The van der Waals surface area contributed by atoms with Crippen molar-refractivity contribution in [1.82, 2.24) is 4.72 Å². The van der Waals surface area contributed by atoms with E-state index in [0.717, 1.165) is 36.8 Å². The van der Waals surface area contributed by atoms with Gasteiger partial charge in [-0.2, -0.15) is 0 Å². The molecule has 0 fully saturated rings. The Kier molecular flexibility index (Phi) is 11.9. The van der Waals surface area contributed by atoms with Gasteiger partial charge >= 0.3 is 5.97 Å². The SMILES string of the molecule is CCCC(CCC)NS(=O)(=O)c1ccc(NC(=O)c2cc(C)ccc2C)c2ccccc12.CCOC(C)=O. The molecule has 206 valence electrons. The number of carbonyl (C=O) groups is 2. The van der Waals surface area contributed by atoms with E-state index in [1.54, 1.807) is 25.1 Å². The van der Waals surface area contributed by atoms with Gasteiger partial charge in [-0.15, -0.1) is 0 Å². The first kappa shape index (κ1) is 31.0. The molecular formula is C30H40N2O5S. The number of nitrogens with one attached hydrogen (secondary N) is 2. The zero-order chi connectivity index (χ0) is 28.3. The highest BCUT2D eigenvalue weighted by Gasteiger charge is 2.23. The van der Waals surface area contributed by atoms with E-state index < -0.39 is 10.0 Å². The predicted molar refractivity (Wildman–Crippen MR) is 154 cm³/mol. The van der Waals surface area contributed by atoms with Crippen molar-refractivity contribution in [3.8, 4) is 0 Å². The van der Waals surface area contributed by atoms with Gasteiger partial charge in [0.1, 0.15) is 0 Å². The molecular weight excluding hydrogens is 500 g/mol. The number of hydrogen-bond donors (Lipinski definition) is 2. The molecule has 0 aromatic heterocycles. The van der Waals surface area contributed by atoms with E-state index in [1.807, 2.05) is 50.2 Å². The second-order valence-electron chi connectivity index (χ2n) is 9.25. The summed E-state index contributed by atoms with van der Waals surface area (Å²) in [6.07, 6.45) is 3.43. The maximum Gasteiger partial charge on any atom is 0.302 e. The molecule has 0 unspecified atom stereocenters. The molecule has 7 nitrogen and oxygen atoms in total. The highest BCUT2D eigenvalue weighted by molar-refractivity contribution is 7.89. The normalized spacial score (nSPS) is 11.1. The Morgan fingerprint density at radius 2 is 1.53 bits per heavy atom. The van der Waals surface area contributed by atoms with Crippen molar-refractivity contribution in [2.24, 2.45) is 0 Å². The molecule has 0 aliphatic rings. The smallest absolute Gasteiger partial charge is 0.302 e. The van der Waals surface area contributed by atoms with Crippen LogP contribution in [0.4, 0.5) is 5.69 Å². The van der Waals surface area contributed by atoms with E-state index in [4.69, 9.17) is 0 Å². The Labute approximate surface area is 227 Å². The topological polar surface area (TPSA) is 102 Å². The van der Waals surface area contributed by atoms with Crippen LogP contribution in [0.15, 0.2) is 59.5 Å². The third-order valence-electron chi connectivity index (χ3n) is 6.00. The van der Waals surface area contributed by atoms with E-state index >= 15 is 0 Å². The predicted octanol–water partition coefficient (Wildman–Crippen LogP) is 6.53. The zero-order valence-electron chi connectivity index (χ0n) is 23.3. The van der Waals surface area contributed by atoms with Crippen LogP contribution in [0.1, 0.15) is 74.9 Å². The van der Waals surface area contributed by atoms with E-state index in [0.29, 0.717) is 28.6 Å². The molecule has 0 radical (unpaired) electrons. The number of benzene rings is 3. The molecule has 0 spiro atoms. The minimum absolute atomic E-state index is 0.0857. The van der Waals surface area contributed by atoms with Crippen molar-refractivity contribution in [2.45, 2.75) is 78.2 Å². The lowest BCUT2D eigenvalue weighted by Crippen LogP contribution is -2.34. The number of hydrogen-bond acceptors (Lipinski definition) is 5. The van der Waals surface area contributed by atoms with Crippen LogP contribution in [0.3, 0.4) is 0 Å². The van der Waals surface area contributed by atoms with Gasteiger partial charge in [0.05, 0.1) is 11.5 Å². The number of amides is 1. The van der Waals surface area contributed by atoms with E-state index in [9.17, 15) is 18.0 Å². The Bertz CT molecular complexity index is 1350. The molecule has 8 heteroatoms. The minimum Gasteiger partial charge on any atom is -0.466 e. The number of sulfonamides is 1. The molecule has 3 aromatic carbocycles. The Balaban J connectivity index is 0.000000757. The van der Waals surface area contributed by atoms with Crippen LogP contribution in [-0.4, -0.2) is 32.9 Å². The number of anilines is 1. The maximum absolute atomic E-state index is 13.2. The van der Waals surface area contributed by atoms with Crippen molar-refractivity contribution in [1.29, 1.82) is 0 Å². The molecule has 1 amide bonds. The lowest BCUT2D eigenvalue weighted by molar-refractivity contribution is -0.140. The fraction of sp³-hybridized carbons (Fsp3) is 0.400. The van der Waals surface area contributed by atoms with Crippen LogP contribution in [0.2, 0.25) is 0 Å².